The maximum Gasteiger partial charge on any atom is 0.0308 e. The Bertz CT molecular complexity index is 315. The first-order chi connectivity index (χ1) is 5.79. The Kier molecular flexibility index (Phi) is 1.72. The van der Waals surface area contributed by atoms with Crippen molar-refractivity contribution in [2.24, 2.45) is 5.92 Å². The Labute approximate surface area is 73.1 Å². The van der Waals surface area contributed by atoms with Crippen molar-refractivity contribution in [2.75, 3.05) is 0 Å². The summed E-state index contributed by atoms with van der Waals surface area (Å²) in [6, 6.07) is 2.08. The Hall–Kier alpha value is -1.11. The maximum absolute atomic E-state index is 4.15. The van der Waals surface area contributed by atoms with Gasteiger partial charge in [-0.25, -0.2) is 0 Å². The van der Waals surface area contributed by atoms with E-state index >= 15 is 0 Å². The van der Waals surface area contributed by atoms with E-state index in [2.05, 4.69) is 37.0 Å². The second-order valence-corrected chi connectivity index (χ2v) is 3.51. The molecular formula is C11H13N. The number of hydrogen-bond donors (Lipinski definition) is 0. The molecule has 2 atom stereocenters. The Morgan fingerprint density at radius 3 is 3.00 bits per heavy atom. The van der Waals surface area contributed by atoms with Crippen LogP contribution in [0.25, 0.3) is 6.08 Å². The summed E-state index contributed by atoms with van der Waals surface area (Å²) in [6.07, 6.45) is 8.31. The second-order valence-electron chi connectivity index (χ2n) is 3.51. The van der Waals surface area contributed by atoms with Gasteiger partial charge in [-0.3, -0.25) is 4.98 Å². The van der Waals surface area contributed by atoms with Crippen LogP contribution in [0.5, 0.6) is 0 Å². The highest BCUT2D eigenvalue weighted by molar-refractivity contribution is 5.57. The number of aromatic nitrogens is 1. The molecule has 0 fully saturated rings. The molecule has 1 heteroatoms. The van der Waals surface area contributed by atoms with Crippen molar-refractivity contribution in [3.05, 3.63) is 35.7 Å². The first kappa shape index (κ1) is 7.53. The summed E-state index contributed by atoms with van der Waals surface area (Å²) in [5, 5.41) is 0. The van der Waals surface area contributed by atoms with E-state index in [4.69, 9.17) is 0 Å². The van der Waals surface area contributed by atoms with E-state index in [1.165, 1.54) is 11.1 Å². The van der Waals surface area contributed by atoms with Gasteiger partial charge in [0.15, 0.2) is 0 Å². The first-order valence-corrected chi connectivity index (χ1v) is 4.41. The van der Waals surface area contributed by atoms with Gasteiger partial charge in [-0.05, 0) is 29.0 Å². The molecule has 1 nitrogen and oxygen atoms in total. The van der Waals surface area contributed by atoms with Gasteiger partial charge in [0, 0.05) is 12.4 Å². The zero-order chi connectivity index (χ0) is 8.55. The van der Waals surface area contributed by atoms with Crippen molar-refractivity contribution >= 4 is 6.08 Å². The van der Waals surface area contributed by atoms with Crippen LogP contribution in [0.15, 0.2) is 24.5 Å². The normalized spacial score (nSPS) is 26.8. The predicted octanol–water partition coefficient (Wildman–Crippen LogP) is 2.85. The number of nitrogens with zero attached hydrogens (tertiary/aromatic N) is 1. The molecule has 62 valence electrons. The molecular weight excluding hydrogens is 146 g/mol. The quantitative estimate of drug-likeness (QED) is 0.567. The van der Waals surface area contributed by atoms with Gasteiger partial charge in [-0.1, -0.05) is 26.0 Å². The molecule has 0 radical (unpaired) electrons. The maximum atomic E-state index is 4.15. The SMILES string of the molecule is CC1C=Cc2ccncc2C1C. The molecule has 1 aliphatic carbocycles. The van der Waals surface area contributed by atoms with Crippen LogP contribution < -0.4 is 0 Å². The third-order valence-corrected chi connectivity index (χ3v) is 2.75. The minimum Gasteiger partial charge on any atom is -0.264 e. The van der Waals surface area contributed by atoms with E-state index in [-0.39, 0.29) is 0 Å². The Morgan fingerprint density at radius 2 is 2.17 bits per heavy atom. The van der Waals surface area contributed by atoms with Crippen LogP contribution in [-0.4, -0.2) is 4.98 Å². The molecule has 1 heterocycles. The third kappa shape index (κ3) is 1.06. The summed E-state index contributed by atoms with van der Waals surface area (Å²) in [7, 11) is 0. The topological polar surface area (TPSA) is 12.9 Å². The zero-order valence-electron chi connectivity index (χ0n) is 7.49. The van der Waals surface area contributed by atoms with Gasteiger partial charge in [0.2, 0.25) is 0 Å². The van der Waals surface area contributed by atoms with Gasteiger partial charge < -0.3 is 0 Å². The molecule has 0 saturated heterocycles. The van der Waals surface area contributed by atoms with Crippen molar-refractivity contribution < 1.29 is 0 Å². The smallest absolute Gasteiger partial charge is 0.0308 e. The zero-order valence-corrected chi connectivity index (χ0v) is 7.49. The van der Waals surface area contributed by atoms with E-state index in [0.29, 0.717) is 11.8 Å². The van der Waals surface area contributed by atoms with Crippen LogP contribution in [-0.2, 0) is 0 Å². The van der Waals surface area contributed by atoms with Crippen LogP contribution in [0.2, 0.25) is 0 Å². The second kappa shape index (κ2) is 2.74. The lowest BCUT2D eigenvalue weighted by atomic mass is 9.83. The summed E-state index contributed by atoms with van der Waals surface area (Å²) in [6.45, 7) is 4.51. The van der Waals surface area contributed by atoms with Gasteiger partial charge in [-0.2, -0.15) is 0 Å². The summed E-state index contributed by atoms with van der Waals surface area (Å²) in [4.78, 5) is 4.15. The molecule has 0 spiro atoms. The standard InChI is InChI=1S/C11H13N/c1-8-3-4-10-5-6-12-7-11(10)9(8)2/h3-9H,1-2H3. The van der Waals surface area contributed by atoms with Gasteiger partial charge >= 0.3 is 0 Å². The summed E-state index contributed by atoms with van der Waals surface area (Å²) in [5.41, 5.74) is 2.71. The van der Waals surface area contributed by atoms with Gasteiger partial charge in [0.25, 0.3) is 0 Å². The average Bonchev–Trinajstić information content (AvgIpc) is 2.12. The van der Waals surface area contributed by atoms with Crippen molar-refractivity contribution in [2.45, 2.75) is 19.8 Å². The van der Waals surface area contributed by atoms with Gasteiger partial charge in [0.1, 0.15) is 0 Å². The lowest BCUT2D eigenvalue weighted by molar-refractivity contribution is 0.583. The predicted molar refractivity (Wildman–Crippen MR) is 50.9 cm³/mol. The molecule has 2 unspecified atom stereocenters. The molecule has 1 aromatic rings. The highest BCUT2D eigenvalue weighted by atomic mass is 14.6. The molecule has 0 saturated carbocycles. The largest absolute Gasteiger partial charge is 0.264 e. The van der Waals surface area contributed by atoms with Crippen LogP contribution in [0.4, 0.5) is 0 Å². The monoisotopic (exact) mass is 159 g/mol. The summed E-state index contributed by atoms with van der Waals surface area (Å²) < 4.78 is 0. The molecule has 1 aromatic heterocycles. The van der Waals surface area contributed by atoms with E-state index < -0.39 is 0 Å². The number of fused-ring (bicyclic) bond motifs is 1. The van der Waals surface area contributed by atoms with Gasteiger partial charge in [0.05, 0.1) is 0 Å². The highest BCUT2D eigenvalue weighted by Crippen LogP contribution is 2.32. The molecule has 0 N–H and O–H groups in total. The van der Waals surface area contributed by atoms with Crippen molar-refractivity contribution in [1.82, 2.24) is 4.98 Å². The fourth-order valence-corrected chi connectivity index (χ4v) is 1.66. The van der Waals surface area contributed by atoms with Crippen LogP contribution in [0.3, 0.4) is 0 Å². The molecule has 0 bridgehead atoms. The average molecular weight is 159 g/mol. The minimum atomic E-state index is 0.610. The lowest BCUT2D eigenvalue weighted by Gasteiger charge is -2.22. The van der Waals surface area contributed by atoms with Crippen LogP contribution in [0.1, 0.15) is 30.9 Å². The molecule has 2 rings (SSSR count). The molecule has 0 aliphatic heterocycles. The van der Waals surface area contributed by atoms with E-state index in [1.54, 1.807) is 0 Å². The van der Waals surface area contributed by atoms with Crippen LogP contribution in [0, 0.1) is 5.92 Å². The fourth-order valence-electron chi connectivity index (χ4n) is 1.66. The van der Waals surface area contributed by atoms with E-state index in [0.717, 1.165) is 0 Å². The van der Waals surface area contributed by atoms with Crippen molar-refractivity contribution in [3.8, 4) is 0 Å². The number of pyridine rings is 1. The van der Waals surface area contributed by atoms with E-state index in [1.807, 2.05) is 12.4 Å². The number of rotatable bonds is 0. The van der Waals surface area contributed by atoms with Crippen LogP contribution >= 0.6 is 0 Å². The lowest BCUT2D eigenvalue weighted by Crippen LogP contribution is -2.09. The van der Waals surface area contributed by atoms with E-state index in [9.17, 15) is 0 Å². The Balaban J connectivity index is 2.52. The fraction of sp³-hybridized carbons (Fsp3) is 0.364. The molecule has 0 amide bonds. The third-order valence-electron chi connectivity index (χ3n) is 2.75. The summed E-state index contributed by atoms with van der Waals surface area (Å²) in [5.74, 6) is 1.25. The summed E-state index contributed by atoms with van der Waals surface area (Å²) >= 11 is 0. The minimum absolute atomic E-state index is 0.610. The first-order valence-electron chi connectivity index (χ1n) is 4.41. The highest BCUT2D eigenvalue weighted by Gasteiger charge is 2.17. The number of hydrogen-bond acceptors (Lipinski definition) is 1. The molecule has 0 aromatic carbocycles. The van der Waals surface area contributed by atoms with Crippen molar-refractivity contribution in [3.63, 3.8) is 0 Å². The van der Waals surface area contributed by atoms with Gasteiger partial charge in [-0.15, -0.1) is 0 Å². The molecule has 1 aliphatic rings. The van der Waals surface area contributed by atoms with Crippen molar-refractivity contribution in [1.29, 1.82) is 0 Å². The number of allylic oxidation sites excluding steroid dienone is 1. The molecule has 12 heavy (non-hydrogen) atoms. The Morgan fingerprint density at radius 1 is 1.33 bits per heavy atom.